The van der Waals surface area contributed by atoms with Crippen LogP contribution in [0.25, 0.3) is 0 Å². The van der Waals surface area contributed by atoms with Crippen molar-refractivity contribution in [2.45, 2.75) is 28.1 Å². The van der Waals surface area contributed by atoms with Crippen molar-refractivity contribution < 1.29 is 101 Å². The number of halogens is 12. The summed E-state index contributed by atoms with van der Waals surface area (Å²) in [6.45, 7) is 0. The van der Waals surface area contributed by atoms with Crippen LogP contribution >= 0.6 is 7.60 Å². The van der Waals surface area contributed by atoms with Gasteiger partial charge in [0.05, 0.1) is 0 Å². The summed E-state index contributed by atoms with van der Waals surface area (Å²) in [4.78, 5) is 62.0. The van der Waals surface area contributed by atoms with E-state index in [0.717, 1.165) is 0 Å². The van der Waals surface area contributed by atoms with Crippen LogP contribution in [-0.2, 0) is 38.9 Å². The molecule has 0 saturated heterocycles. The first kappa shape index (κ1) is 33.3. The van der Waals surface area contributed by atoms with Gasteiger partial charge >= 0.3 is 85.8 Å². The summed E-state index contributed by atoms with van der Waals surface area (Å²) in [5, 5.41) is 0. The van der Waals surface area contributed by atoms with E-state index in [0.29, 0.717) is 0 Å². The molecular weight excluding hydrogens is 597 g/mol. The molecule has 35 heavy (non-hydrogen) atoms. The van der Waals surface area contributed by atoms with Crippen molar-refractivity contribution in [1.82, 2.24) is 0 Å². The highest BCUT2D eigenvalue weighted by atomic mass is 31.2. The Bertz CT molecular complexity index is 759. The Morgan fingerprint density at radius 3 is 0.829 bits per heavy atom. The molecule has 0 heterocycles. The van der Waals surface area contributed by atoms with Crippen molar-refractivity contribution in [3.05, 3.63) is 0 Å². The molecule has 0 saturated carbocycles. The first-order chi connectivity index (χ1) is 15.2. The van der Waals surface area contributed by atoms with Crippen molar-refractivity contribution in [3.8, 4) is 0 Å². The topological polar surface area (TPSA) is 163 Å². The van der Waals surface area contributed by atoms with Crippen LogP contribution in [0.1, 0.15) is 0 Å². The van der Waals surface area contributed by atoms with Crippen molar-refractivity contribution in [1.29, 1.82) is 0 Å². The fourth-order valence-electron chi connectivity index (χ4n) is 1.46. The first-order valence-corrected chi connectivity index (χ1v) is 12.3. The van der Waals surface area contributed by atoms with E-state index >= 15 is 0 Å². The lowest BCUT2D eigenvalue weighted by molar-refractivity contribution is -0.198. The van der Waals surface area contributed by atoms with Gasteiger partial charge in [0.1, 0.15) is 3.38 Å². The van der Waals surface area contributed by atoms with E-state index in [-0.39, 0.29) is 0 Å². The minimum absolute atomic E-state index is 3.21. The molecule has 2 N–H and O–H groups in total. The number of carbonyl (C=O) groups is 4. The summed E-state index contributed by atoms with van der Waals surface area (Å²) in [5.41, 5.74) is 0. The lowest BCUT2D eigenvalue weighted by Gasteiger charge is -2.25. The molecule has 0 aromatic heterocycles. The Labute approximate surface area is 191 Å². The van der Waals surface area contributed by atoms with Gasteiger partial charge in [0.15, 0.2) is 0 Å². The van der Waals surface area contributed by atoms with E-state index in [9.17, 15) is 86.2 Å². The SMILES string of the molecule is O=C([O][Al]([O]C(=O)C(F)(F)F)[CH]([Al]([O]C(=O)C(F)(F)F)[O]C(=O)C(F)(F)F)P(=O)(O)O)C(F)(F)F. The monoisotopic (exact) mass is 600 g/mol. The van der Waals surface area contributed by atoms with Gasteiger partial charge < -0.3 is 24.9 Å². The van der Waals surface area contributed by atoms with Crippen molar-refractivity contribution in [3.63, 3.8) is 0 Å². The predicted molar refractivity (Wildman–Crippen MR) is 75.9 cm³/mol. The highest BCUT2D eigenvalue weighted by molar-refractivity contribution is 7.58. The lowest BCUT2D eigenvalue weighted by atomic mass is 10.7. The van der Waals surface area contributed by atoms with Gasteiger partial charge in [-0.2, -0.15) is 52.7 Å². The summed E-state index contributed by atoms with van der Waals surface area (Å²) in [6.07, 6.45) is -25.0. The Kier molecular flexibility index (Phi) is 10.6. The van der Waals surface area contributed by atoms with E-state index in [1.54, 1.807) is 0 Å². The molecule has 0 bridgehead atoms. The fourth-order valence-corrected chi connectivity index (χ4v) is 8.73. The van der Waals surface area contributed by atoms with Crippen LogP contribution < -0.4 is 0 Å². The number of hydrogen-bond donors (Lipinski definition) is 2. The molecule has 0 atom stereocenters. The summed E-state index contributed by atoms with van der Waals surface area (Å²) < 4.78 is 169. The Hall–Kier alpha value is -1.75. The number of rotatable bonds is 7. The molecule has 0 spiro atoms. The van der Waals surface area contributed by atoms with Gasteiger partial charge in [-0.25, -0.2) is 19.2 Å². The minimum atomic E-state index is -6.78. The molecule has 0 rings (SSSR count). The van der Waals surface area contributed by atoms with Crippen LogP contribution in [0.3, 0.4) is 0 Å². The van der Waals surface area contributed by atoms with Gasteiger partial charge in [0, 0.05) is 0 Å². The molecule has 200 valence electrons. The molecule has 26 heteroatoms. The molecule has 11 nitrogen and oxygen atoms in total. The van der Waals surface area contributed by atoms with E-state index in [2.05, 4.69) is 15.2 Å². The van der Waals surface area contributed by atoms with Crippen LogP contribution in [0.4, 0.5) is 52.7 Å². The molecule has 0 aliphatic carbocycles. The normalized spacial score (nSPS) is 13.1. The van der Waals surface area contributed by atoms with Gasteiger partial charge in [0.25, 0.3) is 0 Å². The molecule has 0 aromatic rings. The molecule has 0 unspecified atom stereocenters. The van der Waals surface area contributed by atoms with Crippen molar-refractivity contribution >= 4 is 61.1 Å². The highest BCUT2D eigenvalue weighted by Crippen LogP contribution is 2.46. The molecule has 0 aromatic carbocycles. The van der Waals surface area contributed by atoms with E-state index in [1.807, 2.05) is 0 Å². The standard InChI is InChI=1S/4C2HF3O2.CH3O3P.2Al/c4*3-2(4,5)1(6)7;1-5(2,3)4;;/h4*(H,6,7);1H,(H2,2,3,4);;/q;;;;;2*+2/p-4. The lowest BCUT2D eigenvalue weighted by Crippen LogP contribution is -2.56. The van der Waals surface area contributed by atoms with Crippen molar-refractivity contribution in [2.24, 2.45) is 0 Å². The average molecular weight is 600 g/mol. The Morgan fingerprint density at radius 1 is 0.543 bits per heavy atom. The zero-order chi connectivity index (χ0) is 28.4. The summed E-state index contributed by atoms with van der Waals surface area (Å²) in [5.74, 6) is -14.8. The molecule has 0 aliphatic rings. The largest absolute Gasteiger partial charge is 0.870 e. The molecule has 0 fully saturated rings. The van der Waals surface area contributed by atoms with Crippen LogP contribution in [0, 0.1) is 0 Å². The Morgan fingerprint density at radius 2 is 0.714 bits per heavy atom. The zero-order valence-corrected chi connectivity index (χ0v) is 18.5. The van der Waals surface area contributed by atoms with Crippen molar-refractivity contribution in [2.75, 3.05) is 0 Å². The molecule has 0 radical (unpaired) electrons. The smallest absolute Gasteiger partial charge is 0.579 e. The summed E-state index contributed by atoms with van der Waals surface area (Å²) >= 11 is -12.4. The second-order valence-electron chi connectivity index (χ2n) is 5.43. The molecule has 0 amide bonds. The summed E-state index contributed by atoms with van der Waals surface area (Å²) in [6, 6.07) is 0. The second-order valence-corrected chi connectivity index (χ2v) is 12.9. The van der Waals surface area contributed by atoms with Crippen LogP contribution in [-0.4, -0.2) is 91.4 Å². The second kappa shape index (κ2) is 11.1. The maximum absolute atomic E-state index is 12.4. The van der Waals surface area contributed by atoms with Gasteiger partial charge in [-0.15, -0.1) is 0 Å². The Balaban J connectivity index is 6.82. The summed E-state index contributed by atoms with van der Waals surface area (Å²) in [7, 11) is -6.78. The maximum atomic E-state index is 12.4. The van der Waals surface area contributed by atoms with Gasteiger partial charge in [-0.3, -0.25) is 4.57 Å². The van der Waals surface area contributed by atoms with Gasteiger partial charge in [-0.1, -0.05) is 0 Å². The number of hydrogen-bond acceptors (Lipinski definition) is 9. The third-order valence-corrected chi connectivity index (χ3v) is 12.1. The maximum Gasteiger partial charge on any atom is 0.870 e. The van der Waals surface area contributed by atoms with E-state index in [4.69, 9.17) is 0 Å². The molecular formula is C9H3Al2F12O11P. The third-order valence-electron chi connectivity index (χ3n) is 2.76. The quantitative estimate of drug-likeness (QED) is 0.244. The highest BCUT2D eigenvalue weighted by Gasteiger charge is 2.72. The third kappa shape index (κ3) is 10.8. The fraction of sp³-hybridized carbons (Fsp3) is 0.556. The average Bonchev–Trinajstić information content (AvgIpc) is 2.56. The van der Waals surface area contributed by atoms with E-state index < -0.39 is 89.2 Å². The molecule has 0 aliphatic heterocycles. The number of carbonyl (C=O) groups excluding carboxylic acids is 4. The van der Waals surface area contributed by atoms with Crippen LogP contribution in [0.2, 0.25) is 0 Å². The predicted octanol–water partition coefficient (Wildman–Crippen LogP) is 1.01. The van der Waals surface area contributed by atoms with Crippen LogP contribution in [0.5, 0.6) is 0 Å². The first-order valence-electron chi connectivity index (χ1n) is 7.35. The van der Waals surface area contributed by atoms with Gasteiger partial charge in [0.2, 0.25) is 0 Å². The van der Waals surface area contributed by atoms with E-state index in [1.165, 1.54) is 0 Å². The minimum Gasteiger partial charge on any atom is -0.579 e. The zero-order valence-electron chi connectivity index (χ0n) is 15.3. The number of alkyl halides is 12. The van der Waals surface area contributed by atoms with Crippen LogP contribution in [0.15, 0.2) is 0 Å². The van der Waals surface area contributed by atoms with Gasteiger partial charge in [-0.05, 0) is 0 Å².